The van der Waals surface area contributed by atoms with Gasteiger partial charge in [-0.15, -0.1) is 0 Å². The van der Waals surface area contributed by atoms with Crippen LogP contribution in [0.15, 0.2) is 18.2 Å². The van der Waals surface area contributed by atoms with E-state index in [0.717, 1.165) is 23.3 Å². The summed E-state index contributed by atoms with van der Waals surface area (Å²) in [6, 6.07) is 6.46. The fraction of sp³-hybridized carbons (Fsp3) is 0.571. The van der Waals surface area contributed by atoms with E-state index in [1.165, 1.54) is 12.8 Å². The molecule has 0 heterocycles. The molecular formula is C14H20ClNO. The summed E-state index contributed by atoms with van der Waals surface area (Å²) in [5, 5.41) is 4.18. The highest BCUT2D eigenvalue weighted by molar-refractivity contribution is 6.32. The molecule has 0 bridgehead atoms. The summed E-state index contributed by atoms with van der Waals surface area (Å²) in [7, 11) is 1.63. The van der Waals surface area contributed by atoms with Crippen LogP contribution in [0.5, 0.6) is 5.75 Å². The van der Waals surface area contributed by atoms with Crippen molar-refractivity contribution in [3.05, 3.63) is 23.2 Å². The number of halogens is 1. The van der Waals surface area contributed by atoms with Gasteiger partial charge in [-0.3, -0.25) is 0 Å². The molecule has 1 aromatic rings. The maximum Gasteiger partial charge on any atom is 0.137 e. The summed E-state index contributed by atoms with van der Waals surface area (Å²) in [6.07, 6.45) is 2.53. The summed E-state index contributed by atoms with van der Waals surface area (Å²) in [6.45, 7) is 4.59. The van der Waals surface area contributed by atoms with Gasteiger partial charge in [-0.05, 0) is 42.9 Å². The first kappa shape index (κ1) is 12.6. The van der Waals surface area contributed by atoms with Gasteiger partial charge in [0.2, 0.25) is 0 Å². The number of anilines is 1. The molecule has 0 unspecified atom stereocenters. The minimum absolute atomic E-state index is 0.604. The van der Waals surface area contributed by atoms with Crippen LogP contribution in [0.2, 0.25) is 5.02 Å². The Labute approximate surface area is 108 Å². The van der Waals surface area contributed by atoms with Crippen molar-refractivity contribution in [1.82, 2.24) is 0 Å². The van der Waals surface area contributed by atoms with Gasteiger partial charge in [0.25, 0.3) is 0 Å². The minimum Gasteiger partial charge on any atom is -0.495 e. The molecule has 0 saturated heterocycles. The van der Waals surface area contributed by atoms with Crippen molar-refractivity contribution in [3.63, 3.8) is 0 Å². The summed E-state index contributed by atoms with van der Waals surface area (Å²) in [4.78, 5) is 0. The number of rotatable bonds is 4. The molecule has 0 atom stereocenters. The van der Waals surface area contributed by atoms with Crippen LogP contribution >= 0.6 is 11.6 Å². The van der Waals surface area contributed by atoms with E-state index in [2.05, 4.69) is 19.2 Å². The van der Waals surface area contributed by atoms with E-state index in [1.54, 1.807) is 7.11 Å². The van der Waals surface area contributed by atoms with Crippen LogP contribution in [-0.4, -0.2) is 13.2 Å². The van der Waals surface area contributed by atoms with Crippen molar-refractivity contribution in [2.24, 2.45) is 11.8 Å². The minimum atomic E-state index is 0.604. The highest BCUT2D eigenvalue weighted by atomic mass is 35.5. The Morgan fingerprint density at radius 2 is 2.06 bits per heavy atom. The van der Waals surface area contributed by atoms with Gasteiger partial charge in [0.15, 0.2) is 0 Å². The third-order valence-corrected chi connectivity index (χ3v) is 3.94. The summed E-state index contributed by atoms with van der Waals surface area (Å²) in [5.41, 5.74) is 1.09. The molecule has 0 amide bonds. The lowest BCUT2D eigenvalue weighted by Crippen LogP contribution is -2.37. The highest BCUT2D eigenvalue weighted by Gasteiger charge is 2.30. The fourth-order valence-electron chi connectivity index (χ4n) is 2.32. The molecule has 0 radical (unpaired) electrons. The zero-order valence-corrected chi connectivity index (χ0v) is 11.4. The third-order valence-electron chi connectivity index (χ3n) is 3.64. The number of hydrogen-bond donors (Lipinski definition) is 1. The lowest BCUT2D eigenvalue weighted by Gasteiger charge is -2.39. The van der Waals surface area contributed by atoms with Gasteiger partial charge in [0.1, 0.15) is 5.75 Å². The van der Waals surface area contributed by atoms with E-state index in [1.807, 2.05) is 18.2 Å². The molecule has 0 spiro atoms. The molecule has 1 aromatic carbocycles. The van der Waals surface area contributed by atoms with Crippen LogP contribution < -0.4 is 10.1 Å². The second-order valence-electron chi connectivity index (χ2n) is 5.17. The van der Waals surface area contributed by atoms with E-state index in [-0.39, 0.29) is 0 Å². The Hall–Kier alpha value is -0.890. The second-order valence-corrected chi connectivity index (χ2v) is 5.57. The van der Waals surface area contributed by atoms with Gasteiger partial charge in [-0.1, -0.05) is 25.4 Å². The Morgan fingerprint density at radius 1 is 1.35 bits per heavy atom. The number of hydrogen-bond acceptors (Lipinski definition) is 2. The Balaban J connectivity index is 1.90. The highest BCUT2D eigenvalue weighted by Crippen LogP contribution is 2.36. The first-order chi connectivity index (χ1) is 8.10. The fourth-order valence-corrected chi connectivity index (χ4v) is 2.57. The van der Waals surface area contributed by atoms with Crippen LogP contribution in [-0.2, 0) is 0 Å². The van der Waals surface area contributed by atoms with Gasteiger partial charge in [0.05, 0.1) is 12.1 Å². The molecule has 1 N–H and O–H groups in total. The SMILES string of the molecule is COc1ccc(NC2CC(C(C)C)C2)cc1Cl. The molecule has 3 heteroatoms. The van der Waals surface area contributed by atoms with E-state index in [4.69, 9.17) is 16.3 Å². The van der Waals surface area contributed by atoms with Gasteiger partial charge in [-0.2, -0.15) is 0 Å². The molecule has 1 aliphatic rings. The quantitative estimate of drug-likeness (QED) is 0.869. The molecular weight excluding hydrogens is 234 g/mol. The Kier molecular flexibility index (Phi) is 3.82. The summed E-state index contributed by atoms with van der Waals surface area (Å²) < 4.78 is 5.13. The maximum absolute atomic E-state index is 6.09. The molecule has 2 rings (SSSR count). The third kappa shape index (κ3) is 2.86. The average Bonchev–Trinajstić information content (AvgIpc) is 2.22. The van der Waals surface area contributed by atoms with E-state index in [9.17, 15) is 0 Å². The number of nitrogens with one attached hydrogen (secondary N) is 1. The van der Waals surface area contributed by atoms with E-state index < -0.39 is 0 Å². The van der Waals surface area contributed by atoms with E-state index in [0.29, 0.717) is 11.1 Å². The van der Waals surface area contributed by atoms with Crippen molar-refractivity contribution in [2.45, 2.75) is 32.7 Å². The first-order valence-electron chi connectivity index (χ1n) is 6.20. The van der Waals surface area contributed by atoms with Crippen molar-refractivity contribution in [2.75, 3.05) is 12.4 Å². The van der Waals surface area contributed by atoms with Crippen molar-refractivity contribution < 1.29 is 4.74 Å². The van der Waals surface area contributed by atoms with Crippen molar-refractivity contribution in [3.8, 4) is 5.75 Å². The van der Waals surface area contributed by atoms with Crippen molar-refractivity contribution in [1.29, 1.82) is 0 Å². The molecule has 1 fully saturated rings. The average molecular weight is 254 g/mol. The van der Waals surface area contributed by atoms with Crippen molar-refractivity contribution >= 4 is 17.3 Å². The molecule has 2 nitrogen and oxygen atoms in total. The first-order valence-corrected chi connectivity index (χ1v) is 6.58. The second kappa shape index (κ2) is 5.18. The number of ether oxygens (including phenoxy) is 1. The number of methoxy groups -OCH3 is 1. The zero-order valence-electron chi connectivity index (χ0n) is 10.7. The van der Waals surface area contributed by atoms with Crippen LogP contribution in [0.25, 0.3) is 0 Å². The van der Waals surface area contributed by atoms with Crippen LogP contribution in [0, 0.1) is 11.8 Å². The van der Waals surface area contributed by atoms with Gasteiger partial charge < -0.3 is 10.1 Å². The largest absolute Gasteiger partial charge is 0.495 e. The van der Waals surface area contributed by atoms with Gasteiger partial charge in [-0.25, -0.2) is 0 Å². The predicted molar refractivity (Wildman–Crippen MR) is 73.0 cm³/mol. The van der Waals surface area contributed by atoms with Crippen LogP contribution in [0.4, 0.5) is 5.69 Å². The zero-order chi connectivity index (χ0) is 12.4. The van der Waals surface area contributed by atoms with Gasteiger partial charge in [0, 0.05) is 11.7 Å². The lowest BCUT2D eigenvalue weighted by molar-refractivity contribution is 0.212. The molecule has 1 saturated carbocycles. The topological polar surface area (TPSA) is 21.3 Å². The van der Waals surface area contributed by atoms with Crippen LogP contribution in [0.1, 0.15) is 26.7 Å². The normalized spacial score (nSPS) is 23.4. The molecule has 0 aliphatic heterocycles. The summed E-state index contributed by atoms with van der Waals surface area (Å²) in [5.74, 6) is 2.40. The Bertz CT molecular complexity index is 386. The summed E-state index contributed by atoms with van der Waals surface area (Å²) >= 11 is 6.09. The van der Waals surface area contributed by atoms with E-state index >= 15 is 0 Å². The molecule has 0 aromatic heterocycles. The predicted octanol–water partition coefficient (Wildman–Crippen LogP) is 4.20. The Morgan fingerprint density at radius 3 is 2.59 bits per heavy atom. The smallest absolute Gasteiger partial charge is 0.137 e. The van der Waals surface area contributed by atoms with Gasteiger partial charge >= 0.3 is 0 Å². The van der Waals surface area contributed by atoms with Crippen LogP contribution in [0.3, 0.4) is 0 Å². The standard InChI is InChI=1S/C14H20ClNO/c1-9(2)10-6-12(7-10)16-11-4-5-14(17-3)13(15)8-11/h4-5,8-10,12,16H,6-7H2,1-3H3. The molecule has 17 heavy (non-hydrogen) atoms. The molecule has 1 aliphatic carbocycles. The maximum atomic E-state index is 6.09. The lowest BCUT2D eigenvalue weighted by atomic mass is 9.73. The monoisotopic (exact) mass is 253 g/mol. The number of benzene rings is 1. The molecule has 94 valence electrons.